The fourth-order valence-electron chi connectivity index (χ4n) is 3.54. The first kappa shape index (κ1) is 17.9. The Hall–Kier alpha value is -3.47. The van der Waals surface area contributed by atoms with Crippen LogP contribution in [0.4, 0.5) is 5.69 Å². The van der Waals surface area contributed by atoms with E-state index in [4.69, 9.17) is 9.47 Å². The van der Waals surface area contributed by atoms with Crippen molar-refractivity contribution in [2.24, 2.45) is 0 Å². The summed E-state index contributed by atoms with van der Waals surface area (Å²) in [6.45, 7) is 0.512. The number of fused-ring (bicyclic) bond motifs is 1. The van der Waals surface area contributed by atoms with E-state index in [1.165, 1.54) is 0 Å². The van der Waals surface area contributed by atoms with Crippen LogP contribution in [0.25, 0.3) is 0 Å². The van der Waals surface area contributed by atoms with Gasteiger partial charge in [0.15, 0.2) is 0 Å². The van der Waals surface area contributed by atoms with E-state index in [2.05, 4.69) is 5.32 Å². The number of ether oxygens (including phenoxy) is 2. The third-order valence-electron chi connectivity index (χ3n) is 4.95. The van der Waals surface area contributed by atoms with Crippen LogP contribution in [0.3, 0.4) is 0 Å². The Bertz CT molecular complexity index is 988. The highest BCUT2D eigenvalue weighted by Crippen LogP contribution is 2.38. The second-order valence-electron chi connectivity index (χ2n) is 6.62. The number of hydrogen-bond acceptors (Lipinski definition) is 4. The number of methoxy groups -OCH3 is 2. The molecule has 1 heterocycles. The van der Waals surface area contributed by atoms with Gasteiger partial charge in [-0.05, 0) is 23.8 Å². The van der Waals surface area contributed by atoms with Crippen molar-refractivity contribution in [3.63, 3.8) is 0 Å². The molecular formula is C23H22N2O3. The highest BCUT2D eigenvalue weighted by atomic mass is 16.5. The summed E-state index contributed by atoms with van der Waals surface area (Å²) in [4.78, 5) is 15.0. The molecule has 3 aromatic carbocycles. The van der Waals surface area contributed by atoms with Crippen LogP contribution >= 0.6 is 0 Å². The van der Waals surface area contributed by atoms with E-state index >= 15 is 0 Å². The Balaban J connectivity index is 1.72. The van der Waals surface area contributed by atoms with Crippen LogP contribution in [0.5, 0.6) is 11.5 Å². The van der Waals surface area contributed by atoms with Gasteiger partial charge in [-0.25, -0.2) is 0 Å². The van der Waals surface area contributed by atoms with Crippen LogP contribution in [0.2, 0.25) is 0 Å². The molecule has 0 saturated heterocycles. The number of amides is 1. The van der Waals surface area contributed by atoms with E-state index in [0.29, 0.717) is 12.3 Å². The van der Waals surface area contributed by atoms with E-state index in [1.807, 2.05) is 77.7 Å². The van der Waals surface area contributed by atoms with E-state index in [0.717, 1.165) is 28.1 Å². The standard InChI is InChI=1S/C23H22N2O3/c1-27-17-12-13-21(28-2)20(14-17)24-22-18-10-6-7-11-19(18)23(26)25(22)15-16-8-4-3-5-9-16/h3-14,22,24H,15H2,1-2H3. The highest BCUT2D eigenvalue weighted by Gasteiger charge is 2.36. The molecule has 142 valence electrons. The molecule has 0 fully saturated rings. The molecule has 5 nitrogen and oxygen atoms in total. The van der Waals surface area contributed by atoms with Crippen molar-refractivity contribution >= 4 is 11.6 Å². The number of anilines is 1. The van der Waals surface area contributed by atoms with Crippen LogP contribution in [0, 0.1) is 0 Å². The minimum atomic E-state index is -0.301. The van der Waals surface area contributed by atoms with Crippen LogP contribution in [0.1, 0.15) is 27.7 Å². The molecule has 4 rings (SSSR count). The summed E-state index contributed by atoms with van der Waals surface area (Å²) in [6, 6.07) is 23.3. The third kappa shape index (κ3) is 3.27. The maximum absolute atomic E-state index is 13.1. The quantitative estimate of drug-likeness (QED) is 0.692. The van der Waals surface area contributed by atoms with Crippen molar-refractivity contribution in [1.29, 1.82) is 0 Å². The molecule has 0 radical (unpaired) electrons. The molecule has 1 N–H and O–H groups in total. The van der Waals surface area contributed by atoms with Gasteiger partial charge in [0.1, 0.15) is 17.7 Å². The average Bonchev–Trinajstić information content (AvgIpc) is 3.00. The normalized spacial score (nSPS) is 15.3. The Kier molecular flexibility index (Phi) is 4.89. The smallest absolute Gasteiger partial charge is 0.256 e. The lowest BCUT2D eigenvalue weighted by atomic mass is 10.1. The molecule has 0 saturated carbocycles. The average molecular weight is 374 g/mol. The topological polar surface area (TPSA) is 50.8 Å². The van der Waals surface area contributed by atoms with E-state index in [9.17, 15) is 4.79 Å². The van der Waals surface area contributed by atoms with Crippen LogP contribution < -0.4 is 14.8 Å². The van der Waals surface area contributed by atoms with Gasteiger partial charge in [0.2, 0.25) is 0 Å². The summed E-state index contributed by atoms with van der Waals surface area (Å²) >= 11 is 0. The summed E-state index contributed by atoms with van der Waals surface area (Å²) in [5, 5.41) is 3.49. The molecule has 28 heavy (non-hydrogen) atoms. The van der Waals surface area contributed by atoms with Gasteiger partial charge >= 0.3 is 0 Å². The molecule has 1 unspecified atom stereocenters. The number of nitrogens with one attached hydrogen (secondary N) is 1. The largest absolute Gasteiger partial charge is 0.497 e. The minimum Gasteiger partial charge on any atom is -0.497 e. The summed E-state index contributed by atoms with van der Waals surface area (Å²) in [5.74, 6) is 1.42. The zero-order chi connectivity index (χ0) is 19.5. The molecule has 5 heteroatoms. The summed E-state index contributed by atoms with van der Waals surface area (Å²) < 4.78 is 10.9. The fourth-order valence-corrected chi connectivity index (χ4v) is 3.54. The van der Waals surface area contributed by atoms with Gasteiger partial charge in [-0.3, -0.25) is 4.79 Å². The fraction of sp³-hybridized carbons (Fsp3) is 0.174. The maximum atomic E-state index is 13.1. The second kappa shape index (κ2) is 7.64. The molecular weight excluding hydrogens is 352 g/mol. The van der Waals surface area contributed by atoms with Crippen molar-refractivity contribution in [2.75, 3.05) is 19.5 Å². The van der Waals surface area contributed by atoms with Gasteiger partial charge < -0.3 is 19.7 Å². The van der Waals surface area contributed by atoms with Crippen molar-refractivity contribution < 1.29 is 14.3 Å². The van der Waals surface area contributed by atoms with Gasteiger partial charge in [0.25, 0.3) is 5.91 Å². The number of nitrogens with zero attached hydrogens (tertiary/aromatic N) is 1. The zero-order valence-electron chi connectivity index (χ0n) is 15.9. The molecule has 1 aliphatic heterocycles. The summed E-state index contributed by atoms with van der Waals surface area (Å²) in [5.41, 5.74) is 3.52. The minimum absolute atomic E-state index is 0.0128. The zero-order valence-corrected chi connectivity index (χ0v) is 15.9. The third-order valence-corrected chi connectivity index (χ3v) is 4.95. The molecule has 0 spiro atoms. The van der Waals surface area contributed by atoms with Crippen molar-refractivity contribution in [3.05, 3.63) is 89.5 Å². The van der Waals surface area contributed by atoms with Crippen LogP contribution in [0.15, 0.2) is 72.8 Å². The molecule has 3 aromatic rings. The first-order chi connectivity index (χ1) is 13.7. The lowest BCUT2D eigenvalue weighted by molar-refractivity contribution is 0.0728. The van der Waals surface area contributed by atoms with Gasteiger partial charge in [0, 0.05) is 23.7 Å². The monoisotopic (exact) mass is 374 g/mol. The Morgan fingerprint density at radius 3 is 2.43 bits per heavy atom. The lowest BCUT2D eigenvalue weighted by Gasteiger charge is -2.28. The maximum Gasteiger partial charge on any atom is 0.256 e. The molecule has 0 aliphatic carbocycles. The van der Waals surface area contributed by atoms with E-state index < -0.39 is 0 Å². The molecule has 1 aliphatic rings. The van der Waals surface area contributed by atoms with Gasteiger partial charge in [-0.1, -0.05) is 48.5 Å². The summed E-state index contributed by atoms with van der Waals surface area (Å²) in [6.07, 6.45) is -0.301. The molecule has 1 atom stereocenters. The number of carbonyl (C=O) groups is 1. The van der Waals surface area contributed by atoms with Crippen molar-refractivity contribution in [1.82, 2.24) is 4.90 Å². The van der Waals surface area contributed by atoms with Crippen molar-refractivity contribution in [2.45, 2.75) is 12.7 Å². The molecule has 1 amide bonds. The highest BCUT2D eigenvalue weighted by molar-refractivity contribution is 5.99. The number of benzene rings is 3. The van der Waals surface area contributed by atoms with Gasteiger partial charge in [0.05, 0.1) is 19.9 Å². The first-order valence-corrected chi connectivity index (χ1v) is 9.13. The number of hydrogen-bond donors (Lipinski definition) is 1. The Morgan fingerprint density at radius 2 is 1.68 bits per heavy atom. The van der Waals surface area contributed by atoms with Crippen LogP contribution in [-0.2, 0) is 6.54 Å². The molecule has 0 aromatic heterocycles. The second-order valence-corrected chi connectivity index (χ2v) is 6.62. The van der Waals surface area contributed by atoms with Gasteiger partial charge in [-0.2, -0.15) is 0 Å². The Morgan fingerprint density at radius 1 is 0.929 bits per heavy atom. The molecule has 0 bridgehead atoms. The first-order valence-electron chi connectivity index (χ1n) is 9.13. The number of rotatable bonds is 6. The van der Waals surface area contributed by atoms with Crippen molar-refractivity contribution in [3.8, 4) is 11.5 Å². The lowest BCUT2D eigenvalue weighted by Crippen LogP contribution is -2.32. The predicted molar refractivity (Wildman–Crippen MR) is 109 cm³/mol. The van der Waals surface area contributed by atoms with Gasteiger partial charge in [-0.15, -0.1) is 0 Å². The Labute approximate surface area is 164 Å². The SMILES string of the molecule is COc1ccc(OC)c(NC2c3ccccc3C(=O)N2Cc2ccccc2)c1. The number of carbonyl (C=O) groups excluding carboxylic acids is 1. The summed E-state index contributed by atoms with van der Waals surface area (Å²) in [7, 11) is 3.25. The van der Waals surface area contributed by atoms with E-state index in [1.54, 1.807) is 14.2 Å². The van der Waals surface area contributed by atoms with Crippen LogP contribution in [-0.4, -0.2) is 25.0 Å². The van der Waals surface area contributed by atoms with E-state index in [-0.39, 0.29) is 12.1 Å². The predicted octanol–water partition coefficient (Wildman–Crippen LogP) is 4.47.